The molecule has 1 aromatic rings. The van der Waals surface area contributed by atoms with E-state index >= 15 is 0 Å². The lowest BCUT2D eigenvalue weighted by atomic mass is 9.93. The van der Waals surface area contributed by atoms with Crippen LogP contribution in [0.15, 0.2) is 18.6 Å². The Morgan fingerprint density at radius 2 is 2.41 bits per heavy atom. The van der Waals surface area contributed by atoms with Gasteiger partial charge in [-0.25, -0.2) is 0 Å². The van der Waals surface area contributed by atoms with Gasteiger partial charge in [-0.1, -0.05) is 6.92 Å². The molecular formula is C13H19N3O. The predicted molar refractivity (Wildman–Crippen MR) is 65.3 cm³/mol. The summed E-state index contributed by atoms with van der Waals surface area (Å²) in [6, 6.07) is 0. The Balaban J connectivity index is 1.92. The number of likely N-dealkylation sites (tertiary alicyclic amines) is 1. The second kappa shape index (κ2) is 5.75. The van der Waals surface area contributed by atoms with Crippen LogP contribution in [0, 0.1) is 5.92 Å². The largest absolute Gasteiger partial charge is 0.342 e. The third-order valence-electron chi connectivity index (χ3n) is 3.29. The molecule has 0 N–H and O–H groups in total. The van der Waals surface area contributed by atoms with Crippen LogP contribution in [0.5, 0.6) is 0 Å². The van der Waals surface area contributed by atoms with Gasteiger partial charge in [0.25, 0.3) is 0 Å². The molecule has 1 amide bonds. The molecule has 17 heavy (non-hydrogen) atoms. The first-order valence-corrected chi connectivity index (χ1v) is 6.32. The van der Waals surface area contributed by atoms with Gasteiger partial charge in [0.15, 0.2) is 0 Å². The fraction of sp³-hybridized carbons (Fsp3) is 0.615. The van der Waals surface area contributed by atoms with Crippen LogP contribution >= 0.6 is 0 Å². The number of nitrogens with zero attached hydrogens (tertiary/aromatic N) is 3. The predicted octanol–water partition coefficient (Wildman–Crippen LogP) is 1.67. The summed E-state index contributed by atoms with van der Waals surface area (Å²) in [6.07, 6.45) is 9.07. The van der Waals surface area contributed by atoms with Gasteiger partial charge < -0.3 is 4.90 Å². The monoisotopic (exact) mass is 233 g/mol. The van der Waals surface area contributed by atoms with Gasteiger partial charge in [-0.15, -0.1) is 0 Å². The van der Waals surface area contributed by atoms with E-state index in [1.165, 1.54) is 6.42 Å². The maximum atomic E-state index is 11.7. The summed E-state index contributed by atoms with van der Waals surface area (Å²) >= 11 is 0. The first-order chi connectivity index (χ1) is 8.29. The normalized spacial score (nSPS) is 20.3. The quantitative estimate of drug-likeness (QED) is 0.797. The van der Waals surface area contributed by atoms with E-state index in [1.807, 2.05) is 18.0 Å². The van der Waals surface area contributed by atoms with Crippen molar-refractivity contribution in [2.45, 2.75) is 32.6 Å². The molecule has 1 atom stereocenters. The van der Waals surface area contributed by atoms with Crippen LogP contribution in [0.4, 0.5) is 0 Å². The van der Waals surface area contributed by atoms with E-state index < -0.39 is 0 Å². The molecule has 2 rings (SSSR count). The van der Waals surface area contributed by atoms with Gasteiger partial charge in [-0.2, -0.15) is 0 Å². The van der Waals surface area contributed by atoms with Crippen molar-refractivity contribution >= 4 is 5.91 Å². The van der Waals surface area contributed by atoms with Crippen LogP contribution in [0.1, 0.15) is 31.9 Å². The molecule has 0 unspecified atom stereocenters. The molecule has 0 aromatic carbocycles. The van der Waals surface area contributed by atoms with E-state index in [2.05, 4.69) is 9.97 Å². The number of rotatable bonds is 3. The Bertz CT molecular complexity index is 366. The zero-order valence-electron chi connectivity index (χ0n) is 10.3. The van der Waals surface area contributed by atoms with Gasteiger partial charge in [0.1, 0.15) is 0 Å². The van der Waals surface area contributed by atoms with E-state index in [-0.39, 0.29) is 5.91 Å². The standard InChI is InChI=1S/C13H19N3O/c1-2-13(17)16-7-3-4-11(10-16)8-12-9-14-5-6-15-12/h5-6,9,11H,2-4,7-8,10H2,1H3/t11-/m0/s1. The minimum absolute atomic E-state index is 0.272. The lowest BCUT2D eigenvalue weighted by Gasteiger charge is -2.32. The molecule has 4 heteroatoms. The van der Waals surface area contributed by atoms with Gasteiger partial charge in [0, 0.05) is 38.1 Å². The maximum absolute atomic E-state index is 11.7. The SMILES string of the molecule is CCC(=O)N1CCC[C@@H](Cc2cnccn2)C1. The zero-order chi connectivity index (χ0) is 12.1. The molecule has 1 aromatic heterocycles. The molecule has 0 bridgehead atoms. The lowest BCUT2D eigenvalue weighted by Crippen LogP contribution is -2.40. The first-order valence-electron chi connectivity index (χ1n) is 6.32. The zero-order valence-corrected chi connectivity index (χ0v) is 10.3. The highest BCUT2D eigenvalue weighted by atomic mass is 16.2. The Hall–Kier alpha value is -1.45. The van der Waals surface area contributed by atoms with Crippen molar-refractivity contribution in [2.24, 2.45) is 5.92 Å². The summed E-state index contributed by atoms with van der Waals surface area (Å²) in [7, 11) is 0. The minimum Gasteiger partial charge on any atom is -0.342 e. The number of carbonyl (C=O) groups excluding carboxylic acids is 1. The average Bonchev–Trinajstić information content (AvgIpc) is 2.39. The first kappa shape index (κ1) is 12.0. The molecule has 1 aliphatic heterocycles. The molecule has 1 aliphatic rings. The maximum Gasteiger partial charge on any atom is 0.222 e. The number of amides is 1. The number of hydrogen-bond donors (Lipinski definition) is 0. The number of carbonyl (C=O) groups is 1. The number of aromatic nitrogens is 2. The lowest BCUT2D eigenvalue weighted by molar-refractivity contribution is -0.132. The Labute approximate surface area is 102 Å². The molecule has 1 fully saturated rings. The summed E-state index contributed by atoms with van der Waals surface area (Å²) in [6.45, 7) is 3.72. The van der Waals surface area contributed by atoms with E-state index in [9.17, 15) is 4.79 Å². The highest BCUT2D eigenvalue weighted by molar-refractivity contribution is 5.75. The highest BCUT2D eigenvalue weighted by Gasteiger charge is 2.22. The fourth-order valence-corrected chi connectivity index (χ4v) is 2.41. The summed E-state index contributed by atoms with van der Waals surface area (Å²) in [5, 5.41) is 0. The molecule has 0 radical (unpaired) electrons. The van der Waals surface area contributed by atoms with Crippen molar-refractivity contribution in [2.75, 3.05) is 13.1 Å². The summed E-state index contributed by atoms with van der Waals surface area (Å²) in [4.78, 5) is 22.0. The Kier molecular flexibility index (Phi) is 4.07. The highest BCUT2D eigenvalue weighted by Crippen LogP contribution is 2.20. The van der Waals surface area contributed by atoms with Crippen molar-refractivity contribution in [1.29, 1.82) is 0 Å². The Morgan fingerprint density at radius 3 is 3.12 bits per heavy atom. The van der Waals surface area contributed by atoms with E-state index in [4.69, 9.17) is 0 Å². The molecule has 0 aliphatic carbocycles. The summed E-state index contributed by atoms with van der Waals surface area (Å²) < 4.78 is 0. The smallest absolute Gasteiger partial charge is 0.222 e. The van der Waals surface area contributed by atoms with Crippen LogP contribution < -0.4 is 0 Å². The molecule has 0 saturated carbocycles. The van der Waals surface area contributed by atoms with Crippen molar-refractivity contribution in [3.63, 3.8) is 0 Å². The van der Waals surface area contributed by atoms with E-state index in [0.717, 1.165) is 31.6 Å². The van der Waals surface area contributed by atoms with Gasteiger partial charge in [0.05, 0.1) is 5.69 Å². The van der Waals surface area contributed by atoms with Crippen molar-refractivity contribution in [3.05, 3.63) is 24.3 Å². The van der Waals surface area contributed by atoms with Crippen LogP contribution in [0.2, 0.25) is 0 Å². The third kappa shape index (κ3) is 3.25. The van der Waals surface area contributed by atoms with E-state index in [0.29, 0.717) is 12.3 Å². The fourth-order valence-electron chi connectivity index (χ4n) is 2.41. The molecule has 4 nitrogen and oxygen atoms in total. The number of hydrogen-bond acceptors (Lipinski definition) is 3. The van der Waals surface area contributed by atoms with E-state index in [1.54, 1.807) is 12.4 Å². The van der Waals surface area contributed by atoms with Crippen molar-refractivity contribution in [1.82, 2.24) is 14.9 Å². The van der Waals surface area contributed by atoms with Gasteiger partial charge in [0.2, 0.25) is 5.91 Å². The van der Waals surface area contributed by atoms with Gasteiger partial charge in [-0.05, 0) is 25.2 Å². The third-order valence-corrected chi connectivity index (χ3v) is 3.29. The second-order valence-electron chi connectivity index (χ2n) is 4.60. The van der Waals surface area contributed by atoms with Crippen molar-refractivity contribution < 1.29 is 4.79 Å². The second-order valence-corrected chi connectivity index (χ2v) is 4.60. The van der Waals surface area contributed by atoms with Crippen LogP contribution in [-0.2, 0) is 11.2 Å². The van der Waals surface area contributed by atoms with Crippen LogP contribution in [0.3, 0.4) is 0 Å². The molecule has 0 spiro atoms. The topological polar surface area (TPSA) is 46.1 Å². The minimum atomic E-state index is 0.272. The van der Waals surface area contributed by atoms with Crippen molar-refractivity contribution in [3.8, 4) is 0 Å². The van der Waals surface area contributed by atoms with Gasteiger partial charge >= 0.3 is 0 Å². The molecule has 92 valence electrons. The summed E-state index contributed by atoms with van der Waals surface area (Å²) in [5.74, 6) is 0.810. The van der Waals surface area contributed by atoms with Crippen LogP contribution in [0.25, 0.3) is 0 Å². The molecular weight excluding hydrogens is 214 g/mol. The van der Waals surface area contributed by atoms with Gasteiger partial charge in [-0.3, -0.25) is 14.8 Å². The molecule has 1 saturated heterocycles. The van der Waals surface area contributed by atoms with Crippen LogP contribution in [-0.4, -0.2) is 33.9 Å². The number of piperidine rings is 1. The summed E-state index contributed by atoms with van der Waals surface area (Å²) in [5.41, 5.74) is 1.03. The molecule has 2 heterocycles. The Morgan fingerprint density at radius 1 is 1.53 bits per heavy atom. The average molecular weight is 233 g/mol.